The molecule has 0 aromatic heterocycles. The molecular weight excluding hydrogens is 306 g/mol. The maximum atomic E-state index is 12.3. The normalized spacial score (nSPS) is 15.5. The van der Waals surface area contributed by atoms with E-state index in [2.05, 4.69) is 15.9 Å². The molecule has 0 saturated heterocycles. The average molecular weight is 316 g/mol. The Morgan fingerprint density at radius 1 is 0.789 bits per heavy atom. The molecule has 4 heteroatoms. The number of hydrogen-bond donors (Lipinski definition) is 0. The van der Waals surface area contributed by atoms with Crippen molar-refractivity contribution in [3.05, 3.63) is 71.3 Å². The third kappa shape index (κ3) is 1.88. The summed E-state index contributed by atoms with van der Waals surface area (Å²) >= 11 is 3.44. The van der Waals surface area contributed by atoms with Crippen LogP contribution in [0.1, 0.15) is 31.2 Å². The number of carbonyl (C=O) groups excluding carboxylic acids is 2. The van der Waals surface area contributed by atoms with Crippen LogP contribution >= 0.6 is 15.9 Å². The van der Waals surface area contributed by atoms with E-state index >= 15 is 0 Å². The third-order valence-corrected chi connectivity index (χ3v) is 4.06. The molecule has 0 N–H and O–H groups in total. The first-order chi connectivity index (χ1) is 9.20. The van der Waals surface area contributed by atoms with Crippen molar-refractivity contribution < 1.29 is 9.59 Å². The van der Waals surface area contributed by atoms with Crippen molar-refractivity contribution in [3.63, 3.8) is 0 Å². The lowest BCUT2D eigenvalue weighted by Crippen LogP contribution is -2.31. The minimum atomic E-state index is -0.443. The number of halogens is 1. The summed E-state index contributed by atoms with van der Waals surface area (Å²) in [7, 11) is 0. The van der Waals surface area contributed by atoms with Gasteiger partial charge in [0.15, 0.2) is 0 Å². The fraction of sp³-hybridized carbons (Fsp3) is 0.0667. The number of carbonyl (C=O) groups is 2. The highest BCUT2D eigenvalue weighted by atomic mass is 79.9. The molecule has 0 aliphatic carbocycles. The molecule has 0 radical (unpaired) electrons. The first-order valence-electron chi connectivity index (χ1n) is 5.86. The molecule has 1 heterocycles. The van der Waals surface area contributed by atoms with E-state index in [1.54, 1.807) is 24.3 Å². The molecule has 3 nitrogen and oxygen atoms in total. The van der Waals surface area contributed by atoms with E-state index in [0.717, 1.165) is 5.56 Å². The van der Waals surface area contributed by atoms with Gasteiger partial charge in [-0.05, 0) is 17.7 Å². The van der Waals surface area contributed by atoms with Gasteiger partial charge in [-0.3, -0.25) is 14.5 Å². The summed E-state index contributed by atoms with van der Waals surface area (Å²) in [6, 6.07) is 16.3. The summed E-state index contributed by atoms with van der Waals surface area (Å²) in [6.07, 6.45) is 0. The van der Waals surface area contributed by atoms with Gasteiger partial charge in [-0.2, -0.15) is 0 Å². The fourth-order valence-corrected chi connectivity index (χ4v) is 2.85. The van der Waals surface area contributed by atoms with Crippen molar-refractivity contribution in [2.24, 2.45) is 0 Å². The zero-order valence-electron chi connectivity index (χ0n) is 9.92. The average Bonchev–Trinajstić information content (AvgIpc) is 2.72. The zero-order chi connectivity index (χ0) is 13.4. The van der Waals surface area contributed by atoms with Gasteiger partial charge in [-0.25, -0.2) is 0 Å². The number of nitrogens with zero attached hydrogens (tertiary/aromatic N) is 1. The van der Waals surface area contributed by atoms with Crippen LogP contribution in [-0.4, -0.2) is 16.7 Å². The highest BCUT2D eigenvalue weighted by Crippen LogP contribution is 2.34. The summed E-state index contributed by atoms with van der Waals surface area (Å²) in [6.45, 7) is 0. The van der Waals surface area contributed by atoms with Crippen LogP contribution in [0.2, 0.25) is 0 Å². The Hall–Kier alpha value is -1.94. The van der Waals surface area contributed by atoms with Gasteiger partial charge >= 0.3 is 0 Å². The molecule has 0 bridgehead atoms. The van der Waals surface area contributed by atoms with E-state index in [4.69, 9.17) is 0 Å². The predicted octanol–water partition coefficient (Wildman–Crippen LogP) is 3.38. The summed E-state index contributed by atoms with van der Waals surface area (Å²) in [5, 5.41) is 0. The molecule has 0 fully saturated rings. The van der Waals surface area contributed by atoms with Crippen molar-refractivity contribution in [1.29, 1.82) is 0 Å². The summed E-state index contributed by atoms with van der Waals surface area (Å²) in [5.74, 6) is -0.516. The first-order valence-corrected chi connectivity index (χ1v) is 6.77. The van der Waals surface area contributed by atoms with E-state index in [-0.39, 0.29) is 11.8 Å². The van der Waals surface area contributed by atoms with E-state index in [9.17, 15) is 9.59 Å². The van der Waals surface area contributed by atoms with Crippen LogP contribution in [0.5, 0.6) is 0 Å². The van der Waals surface area contributed by atoms with Crippen molar-refractivity contribution >= 4 is 27.7 Å². The van der Waals surface area contributed by atoms with Gasteiger partial charge in [0.05, 0.1) is 11.1 Å². The maximum Gasteiger partial charge on any atom is 0.262 e. The monoisotopic (exact) mass is 315 g/mol. The van der Waals surface area contributed by atoms with Crippen LogP contribution in [0.15, 0.2) is 54.6 Å². The Bertz CT molecular complexity index is 619. The SMILES string of the molecule is O=C1c2ccccc2C(=O)N1C(Br)c1ccccc1. The summed E-state index contributed by atoms with van der Waals surface area (Å²) in [5.41, 5.74) is 1.80. The van der Waals surface area contributed by atoms with Crippen LogP contribution in [0.4, 0.5) is 0 Å². The lowest BCUT2D eigenvalue weighted by atomic mass is 10.1. The Kier molecular flexibility index (Phi) is 2.95. The quantitative estimate of drug-likeness (QED) is 0.484. The van der Waals surface area contributed by atoms with Gasteiger partial charge < -0.3 is 0 Å². The molecule has 1 atom stereocenters. The molecule has 0 saturated carbocycles. The molecule has 19 heavy (non-hydrogen) atoms. The van der Waals surface area contributed by atoms with E-state index in [0.29, 0.717) is 11.1 Å². The molecule has 2 aromatic rings. The Morgan fingerprint density at radius 3 is 1.79 bits per heavy atom. The standard InChI is InChI=1S/C15H10BrNO2/c16-13(10-6-2-1-3-7-10)17-14(18)11-8-4-5-9-12(11)15(17)19/h1-9,13H. The molecule has 1 aliphatic rings. The highest BCUT2D eigenvalue weighted by molar-refractivity contribution is 9.09. The second-order valence-corrected chi connectivity index (χ2v) is 5.14. The Morgan fingerprint density at radius 2 is 1.26 bits per heavy atom. The van der Waals surface area contributed by atoms with E-state index < -0.39 is 4.95 Å². The predicted molar refractivity (Wildman–Crippen MR) is 75.1 cm³/mol. The van der Waals surface area contributed by atoms with Crippen molar-refractivity contribution in [2.45, 2.75) is 4.95 Å². The molecule has 0 spiro atoms. The van der Waals surface area contributed by atoms with Gasteiger partial charge in [0, 0.05) is 0 Å². The van der Waals surface area contributed by atoms with E-state index in [1.165, 1.54) is 4.90 Å². The van der Waals surface area contributed by atoms with Crippen LogP contribution < -0.4 is 0 Å². The Balaban J connectivity index is 2.01. The first kappa shape index (κ1) is 12.1. The minimum Gasteiger partial charge on any atom is -0.269 e. The number of benzene rings is 2. The fourth-order valence-electron chi connectivity index (χ4n) is 2.17. The van der Waals surface area contributed by atoms with Crippen molar-refractivity contribution in [2.75, 3.05) is 0 Å². The highest BCUT2D eigenvalue weighted by Gasteiger charge is 2.39. The smallest absolute Gasteiger partial charge is 0.262 e. The van der Waals surface area contributed by atoms with E-state index in [1.807, 2.05) is 30.3 Å². The topological polar surface area (TPSA) is 37.4 Å². The largest absolute Gasteiger partial charge is 0.269 e. The van der Waals surface area contributed by atoms with Gasteiger partial charge in [0.2, 0.25) is 0 Å². The summed E-state index contributed by atoms with van der Waals surface area (Å²) in [4.78, 5) is 25.4. The number of alkyl halides is 1. The molecule has 1 unspecified atom stereocenters. The van der Waals surface area contributed by atoms with Crippen molar-refractivity contribution in [3.8, 4) is 0 Å². The van der Waals surface area contributed by atoms with Crippen LogP contribution in [0.25, 0.3) is 0 Å². The van der Waals surface area contributed by atoms with Gasteiger partial charge in [-0.15, -0.1) is 0 Å². The van der Waals surface area contributed by atoms with Gasteiger partial charge in [0.25, 0.3) is 11.8 Å². The molecule has 1 aliphatic heterocycles. The molecule has 3 rings (SSSR count). The maximum absolute atomic E-state index is 12.3. The second-order valence-electron chi connectivity index (χ2n) is 4.27. The third-order valence-electron chi connectivity index (χ3n) is 3.13. The Labute approximate surface area is 119 Å². The number of rotatable bonds is 2. The van der Waals surface area contributed by atoms with Crippen LogP contribution in [0.3, 0.4) is 0 Å². The van der Waals surface area contributed by atoms with Crippen molar-refractivity contribution in [1.82, 2.24) is 4.90 Å². The number of imide groups is 1. The molecule has 2 amide bonds. The minimum absolute atomic E-state index is 0.258. The van der Waals surface area contributed by atoms with Crippen LogP contribution in [-0.2, 0) is 0 Å². The van der Waals surface area contributed by atoms with Gasteiger partial charge in [-0.1, -0.05) is 58.4 Å². The lowest BCUT2D eigenvalue weighted by molar-refractivity contribution is 0.0640. The number of amides is 2. The lowest BCUT2D eigenvalue weighted by Gasteiger charge is -2.21. The number of fused-ring (bicyclic) bond motifs is 1. The molecule has 94 valence electrons. The summed E-state index contributed by atoms with van der Waals surface area (Å²) < 4.78 is 0. The zero-order valence-corrected chi connectivity index (χ0v) is 11.5. The number of hydrogen-bond acceptors (Lipinski definition) is 2. The molecule has 2 aromatic carbocycles. The molecular formula is C15H10BrNO2. The van der Waals surface area contributed by atoms with Crippen LogP contribution in [0, 0.1) is 0 Å². The van der Waals surface area contributed by atoms with Gasteiger partial charge in [0.1, 0.15) is 4.95 Å². The second kappa shape index (κ2) is 4.63.